The van der Waals surface area contributed by atoms with Crippen LogP contribution in [-0.4, -0.2) is 54.1 Å². The van der Waals surface area contributed by atoms with Crippen LogP contribution in [0, 0.1) is 0 Å². The van der Waals surface area contributed by atoms with Gasteiger partial charge in [0, 0.05) is 19.6 Å². The lowest BCUT2D eigenvalue weighted by Gasteiger charge is -2.38. The molecular weight excluding hydrogens is 244 g/mol. The molecule has 0 aromatic heterocycles. The van der Waals surface area contributed by atoms with Crippen molar-refractivity contribution in [2.45, 2.75) is 51.5 Å². The van der Waals surface area contributed by atoms with Gasteiger partial charge in [0.2, 0.25) is 0 Å². The highest BCUT2D eigenvalue weighted by Gasteiger charge is 2.35. The summed E-state index contributed by atoms with van der Waals surface area (Å²) in [6.07, 6.45) is 6.06. The molecule has 0 saturated carbocycles. The van der Waals surface area contributed by atoms with E-state index in [0.29, 0.717) is 13.2 Å². The first kappa shape index (κ1) is 14.2. The van der Waals surface area contributed by atoms with Gasteiger partial charge in [0.1, 0.15) is 6.04 Å². The van der Waals surface area contributed by atoms with Crippen LogP contribution in [0.1, 0.15) is 45.4 Å². The molecule has 2 fully saturated rings. The monoisotopic (exact) mass is 268 g/mol. The number of nitrogens with zero attached hydrogens (tertiary/aromatic N) is 2. The van der Waals surface area contributed by atoms with E-state index in [9.17, 15) is 9.59 Å². The second-order valence-electron chi connectivity index (χ2n) is 5.29. The van der Waals surface area contributed by atoms with Crippen molar-refractivity contribution in [3.05, 3.63) is 0 Å². The topological polar surface area (TPSA) is 49.9 Å². The lowest BCUT2D eigenvalue weighted by molar-refractivity contribution is -0.149. The molecule has 0 aromatic carbocycles. The van der Waals surface area contributed by atoms with Gasteiger partial charge in [0.15, 0.2) is 0 Å². The molecule has 1 atom stereocenters. The number of hydrogen-bond donors (Lipinski definition) is 0. The molecule has 1 unspecified atom stereocenters. The third-order valence-electron chi connectivity index (χ3n) is 3.93. The van der Waals surface area contributed by atoms with E-state index in [-0.39, 0.29) is 18.0 Å². The number of carbonyl (C=O) groups excluding carboxylic acids is 2. The Morgan fingerprint density at radius 2 is 1.74 bits per heavy atom. The van der Waals surface area contributed by atoms with E-state index < -0.39 is 0 Å². The zero-order chi connectivity index (χ0) is 13.7. The minimum atomic E-state index is -0.372. The van der Waals surface area contributed by atoms with Gasteiger partial charge in [0.05, 0.1) is 6.61 Å². The van der Waals surface area contributed by atoms with Crippen LogP contribution in [0.2, 0.25) is 0 Å². The van der Waals surface area contributed by atoms with E-state index in [2.05, 4.69) is 0 Å². The number of carbonyl (C=O) groups is 2. The highest BCUT2D eigenvalue weighted by Crippen LogP contribution is 2.21. The first-order chi connectivity index (χ1) is 9.24. The van der Waals surface area contributed by atoms with Crippen LogP contribution < -0.4 is 0 Å². The number of amides is 2. The molecule has 2 aliphatic heterocycles. The molecule has 108 valence electrons. The minimum absolute atomic E-state index is 0.0254. The van der Waals surface area contributed by atoms with Crippen LogP contribution in [0.25, 0.3) is 0 Å². The van der Waals surface area contributed by atoms with E-state index in [1.165, 1.54) is 6.42 Å². The van der Waals surface area contributed by atoms with Crippen LogP contribution in [-0.2, 0) is 9.53 Å². The van der Waals surface area contributed by atoms with Gasteiger partial charge in [-0.1, -0.05) is 0 Å². The Morgan fingerprint density at radius 3 is 2.42 bits per heavy atom. The van der Waals surface area contributed by atoms with Gasteiger partial charge in [-0.15, -0.1) is 0 Å². The SMILES string of the molecule is CCOC(=O)C1CCCCN1C(=O)N1CCCCC1. The fraction of sp³-hybridized carbons (Fsp3) is 0.857. The standard InChI is InChI=1S/C14H24N2O3/c1-2-19-13(17)12-8-4-7-11-16(12)14(18)15-9-5-3-6-10-15/h12H,2-11H2,1H3. The largest absolute Gasteiger partial charge is 0.464 e. The summed E-state index contributed by atoms with van der Waals surface area (Å²) in [7, 11) is 0. The molecule has 2 heterocycles. The lowest BCUT2D eigenvalue weighted by Crippen LogP contribution is -2.54. The van der Waals surface area contributed by atoms with Crippen molar-refractivity contribution in [1.29, 1.82) is 0 Å². The molecule has 0 bridgehead atoms. The maximum Gasteiger partial charge on any atom is 0.328 e. The average Bonchev–Trinajstić information content (AvgIpc) is 2.47. The molecule has 0 aliphatic carbocycles. The Balaban J connectivity index is 2.01. The average molecular weight is 268 g/mol. The van der Waals surface area contributed by atoms with Crippen molar-refractivity contribution in [3.63, 3.8) is 0 Å². The third-order valence-corrected chi connectivity index (χ3v) is 3.93. The summed E-state index contributed by atoms with van der Waals surface area (Å²) in [4.78, 5) is 28.1. The van der Waals surface area contributed by atoms with Crippen LogP contribution in [0.5, 0.6) is 0 Å². The Bertz CT molecular complexity index is 327. The number of likely N-dealkylation sites (tertiary alicyclic amines) is 2. The molecule has 2 rings (SSSR count). The highest BCUT2D eigenvalue weighted by atomic mass is 16.5. The molecule has 0 N–H and O–H groups in total. The minimum Gasteiger partial charge on any atom is -0.464 e. The molecule has 0 aromatic rings. The van der Waals surface area contributed by atoms with E-state index in [1.807, 2.05) is 4.90 Å². The Labute approximate surface area is 114 Å². The van der Waals surface area contributed by atoms with Crippen LogP contribution in [0.3, 0.4) is 0 Å². The summed E-state index contributed by atoms with van der Waals surface area (Å²) in [5, 5.41) is 0. The summed E-state index contributed by atoms with van der Waals surface area (Å²) in [5.41, 5.74) is 0. The van der Waals surface area contributed by atoms with Crippen molar-refractivity contribution < 1.29 is 14.3 Å². The fourth-order valence-corrected chi connectivity index (χ4v) is 2.91. The Hall–Kier alpha value is -1.26. The zero-order valence-electron chi connectivity index (χ0n) is 11.8. The van der Waals surface area contributed by atoms with Gasteiger partial charge in [-0.25, -0.2) is 9.59 Å². The van der Waals surface area contributed by atoms with Gasteiger partial charge in [0.25, 0.3) is 0 Å². The van der Waals surface area contributed by atoms with Gasteiger partial charge in [-0.05, 0) is 45.4 Å². The second kappa shape index (κ2) is 6.78. The maximum absolute atomic E-state index is 12.5. The molecule has 2 amide bonds. The van der Waals surface area contributed by atoms with Gasteiger partial charge in [-0.2, -0.15) is 0 Å². The number of rotatable bonds is 2. The molecule has 0 spiro atoms. The van der Waals surface area contributed by atoms with Crippen LogP contribution in [0.15, 0.2) is 0 Å². The van der Waals surface area contributed by atoms with Crippen molar-refractivity contribution >= 4 is 12.0 Å². The first-order valence-corrected chi connectivity index (χ1v) is 7.46. The normalized spacial score (nSPS) is 24.2. The van der Waals surface area contributed by atoms with E-state index in [4.69, 9.17) is 4.74 Å². The summed E-state index contributed by atoms with van der Waals surface area (Å²) in [6, 6.07) is -0.347. The predicted molar refractivity (Wildman–Crippen MR) is 71.8 cm³/mol. The molecular formula is C14H24N2O3. The Kier molecular flexibility index (Phi) is 5.05. The van der Waals surface area contributed by atoms with Crippen LogP contribution in [0.4, 0.5) is 4.79 Å². The molecule has 5 heteroatoms. The zero-order valence-corrected chi connectivity index (χ0v) is 11.8. The third kappa shape index (κ3) is 3.39. The second-order valence-corrected chi connectivity index (χ2v) is 5.29. The maximum atomic E-state index is 12.5. The van der Waals surface area contributed by atoms with Gasteiger partial charge >= 0.3 is 12.0 Å². The van der Waals surface area contributed by atoms with E-state index in [1.54, 1.807) is 11.8 Å². The van der Waals surface area contributed by atoms with Gasteiger partial charge in [-0.3, -0.25) is 0 Å². The molecule has 19 heavy (non-hydrogen) atoms. The quantitative estimate of drug-likeness (QED) is 0.720. The van der Waals surface area contributed by atoms with E-state index in [0.717, 1.165) is 45.2 Å². The number of urea groups is 1. The van der Waals surface area contributed by atoms with Crippen molar-refractivity contribution in [3.8, 4) is 0 Å². The molecule has 2 aliphatic rings. The number of ether oxygens (including phenoxy) is 1. The highest BCUT2D eigenvalue weighted by molar-refractivity contribution is 5.84. The molecule has 5 nitrogen and oxygen atoms in total. The van der Waals surface area contributed by atoms with E-state index >= 15 is 0 Å². The predicted octanol–water partition coefficient (Wildman–Crippen LogP) is 2.01. The van der Waals surface area contributed by atoms with Crippen LogP contribution >= 0.6 is 0 Å². The number of hydrogen-bond acceptors (Lipinski definition) is 3. The summed E-state index contributed by atoms with van der Waals surface area (Å²) < 4.78 is 5.10. The van der Waals surface area contributed by atoms with Crippen molar-refractivity contribution in [2.75, 3.05) is 26.2 Å². The molecule has 2 saturated heterocycles. The number of esters is 1. The molecule has 0 radical (unpaired) electrons. The van der Waals surface area contributed by atoms with Crippen molar-refractivity contribution in [1.82, 2.24) is 9.80 Å². The smallest absolute Gasteiger partial charge is 0.328 e. The lowest BCUT2D eigenvalue weighted by atomic mass is 10.0. The Morgan fingerprint density at radius 1 is 1.05 bits per heavy atom. The summed E-state index contributed by atoms with van der Waals surface area (Å²) in [5.74, 6) is -0.243. The van der Waals surface area contributed by atoms with Crippen molar-refractivity contribution in [2.24, 2.45) is 0 Å². The fourth-order valence-electron chi connectivity index (χ4n) is 2.91. The van der Waals surface area contributed by atoms with Gasteiger partial charge < -0.3 is 14.5 Å². The first-order valence-electron chi connectivity index (χ1n) is 7.46. The number of piperidine rings is 2. The summed E-state index contributed by atoms with van der Waals surface area (Å²) >= 11 is 0. The summed E-state index contributed by atoms with van der Waals surface area (Å²) in [6.45, 7) is 4.51.